The lowest BCUT2D eigenvalue weighted by Crippen LogP contribution is -3.08. The molecule has 12 nitrogen and oxygen atoms in total. The van der Waals surface area contributed by atoms with Crippen LogP contribution in [0.1, 0.15) is 6.42 Å². The topological polar surface area (TPSA) is 190 Å². The van der Waals surface area contributed by atoms with Gasteiger partial charge < -0.3 is 54.5 Å². The number of ether oxygens (including phenoxy) is 3. The highest BCUT2D eigenvalue weighted by Gasteiger charge is 2.46. The maximum atomic E-state index is 11.8. The third kappa shape index (κ3) is 6.48. The van der Waals surface area contributed by atoms with E-state index in [0.29, 0.717) is 13.1 Å². The van der Waals surface area contributed by atoms with Crippen molar-refractivity contribution in [3.63, 3.8) is 0 Å². The number of hydrogen-bond donors (Lipinski definition) is 6. The van der Waals surface area contributed by atoms with E-state index in [1.165, 1.54) is 6.08 Å². The molecule has 1 unspecified atom stereocenters. The van der Waals surface area contributed by atoms with Crippen LogP contribution in [0.4, 0.5) is 0 Å². The normalized spacial score (nSPS) is 36.6. The molecular formula is C24H31NO11. The van der Waals surface area contributed by atoms with Gasteiger partial charge in [0, 0.05) is 23.0 Å². The minimum atomic E-state index is -1.67. The maximum absolute atomic E-state index is 11.8. The van der Waals surface area contributed by atoms with E-state index in [4.69, 9.17) is 19.3 Å². The summed E-state index contributed by atoms with van der Waals surface area (Å²) in [6, 6.07) is 0. The number of carboxylic acids is 2. The highest BCUT2D eigenvalue weighted by Crippen LogP contribution is 2.35. The number of nitrogens with one attached hydrogen (secondary N) is 1. The number of quaternary nitrogens is 1. The van der Waals surface area contributed by atoms with Gasteiger partial charge in [0.1, 0.15) is 31.0 Å². The van der Waals surface area contributed by atoms with Crippen LogP contribution in [0.15, 0.2) is 60.6 Å². The Balaban J connectivity index is 1.77. The van der Waals surface area contributed by atoms with Crippen LogP contribution in [-0.4, -0.2) is 94.2 Å². The van der Waals surface area contributed by atoms with Crippen LogP contribution in [0.25, 0.3) is 0 Å². The lowest BCUT2D eigenvalue weighted by Gasteiger charge is -2.43. The summed E-state index contributed by atoms with van der Waals surface area (Å²) in [5.74, 6) is -3.96. The second kappa shape index (κ2) is 12.4. The molecule has 3 aliphatic heterocycles. The summed E-state index contributed by atoms with van der Waals surface area (Å²) < 4.78 is 16.5. The Hall–Kier alpha value is -2.84. The molecule has 36 heavy (non-hydrogen) atoms. The summed E-state index contributed by atoms with van der Waals surface area (Å²) in [7, 11) is 0. The maximum Gasteiger partial charge on any atom is 0.309 e. The molecule has 3 rings (SSSR count). The Kier molecular flexibility index (Phi) is 9.56. The number of carbonyl (C=O) groups excluding carboxylic acids is 1. The Morgan fingerprint density at radius 2 is 1.97 bits per heavy atom. The van der Waals surface area contributed by atoms with Gasteiger partial charge in [0.2, 0.25) is 6.29 Å². The summed E-state index contributed by atoms with van der Waals surface area (Å²) in [5.41, 5.74) is 0.656. The fraction of sp³-hybridized carbons (Fsp3) is 0.500. The molecular weight excluding hydrogens is 478 g/mol. The molecule has 0 saturated carbocycles. The van der Waals surface area contributed by atoms with Gasteiger partial charge in [-0.3, -0.25) is 4.79 Å². The molecule has 0 aromatic heterocycles. The van der Waals surface area contributed by atoms with Crippen LogP contribution < -0.4 is 10.0 Å². The number of rotatable bonds is 10. The number of aliphatic carboxylic acids is 2. The van der Waals surface area contributed by atoms with E-state index < -0.39 is 67.4 Å². The fourth-order valence-corrected chi connectivity index (χ4v) is 4.26. The molecule has 3 aliphatic rings. The second-order valence-electron chi connectivity index (χ2n) is 8.73. The van der Waals surface area contributed by atoms with E-state index in [9.17, 15) is 35.1 Å². The van der Waals surface area contributed by atoms with Gasteiger partial charge in [0.15, 0.2) is 6.29 Å². The first-order chi connectivity index (χ1) is 17.2. The van der Waals surface area contributed by atoms with E-state index in [2.05, 4.69) is 6.58 Å². The molecule has 9 atom stereocenters. The third-order valence-electron chi connectivity index (χ3n) is 6.29. The predicted molar refractivity (Wildman–Crippen MR) is 119 cm³/mol. The average molecular weight is 510 g/mol. The van der Waals surface area contributed by atoms with Crippen molar-refractivity contribution in [2.75, 3.05) is 19.7 Å². The van der Waals surface area contributed by atoms with Crippen molar-refractivity contribution < 1.29 is 59.3 Å². The molecule has 0 spiro atoms. The quantitative estimate of drug-likeness (QED) is 0.161. The molecule has 0 amide bonds. The molecule has 0 aromatic rings. The van der Waals surface area contributed by atoms with Crippen molar-refractivity contribution in [2.24, 2.45) is 11.8 Å². The number of carbonyl (C=O) groups is 2. The molecule has 1 saturated heterocycles. The van der Waals surface area contributed by atoms with Crippen molar-refractivity contribution in [1.29, 1.82) is 0 Å². The van der Waals surface area contributed by atoms with Crippen LogP contribution in [0.3, 0.4) is 0 Å². The van der Waals surface area contributed by atoms with E-state index in [-0.39, 0.29) is 12.0 Å². The summed E-state index contributed by atoms with van der Waals surface area (Å²) in [6.45, 7) is 3.99. The summed E-state index contributed by atoms with van der Waals surface area (Å²) in [6.07, 6.45) is 2.42. The zero-order valence-electron chi connectivity index (χ0n) is 19.4. The Morgan fingerprint density at radius 1 is 1.22 bits per heavy atom. The molecule has 1 fully saturated rings. The van der Waals surface area contributed by atoms with Crippen LogP contribution in [-0.2, 0) is 23.8 Å². The first kappa shape index (κ1) is 27.7. The van der Waals surface area contributed by atoms with Crippen molar-refractivity contribution in [3.8, 4) is 0 Å². The summed E-state index contributed by atoms with van der Waals surface area (Å²) >= 11 is 0. The summed E-state index contributed by atoms with van der Waals surface area (Å²) in [4.78, 5) is 23.6. The number of aliphatic hydroxyl groups excluding tert-OH is 4. The number of aliphatic hydroxyl groups is 4. The van der Waals surface area contributed by atoms with Crippen molar-refractivity contribution in [1.82, 2.24) is 0 Å². The molecule has 6 N–H and O–H groups in total. The van der Waals surface area contributed by atoms with Gasteiger partial charge in [-0.2, -0.15) is 0 Å². The number of hydrogen-bond acceptors (Lipinski definition) is 10. The molecule has 3 heterocycles. The monoisotopic (exact) mass is 509 g/mol. The number of carboxylic acid groups (broad SMARTS) is 2. The first-order valence-corrected chi connectivity index (χ1v) is 11.4. The van der Waals surface area contributed by atoms with Crippen molar-refractivity contribution in [2.45, 2.75) is 43.4 Å². The Bertz CT molecular complexity index is 940. The van der Waals surface area contributed by atoms with Gasteiger partial charge in [-0.1, -0.05) is 18.2 Å². The van der Waals surface area contributed by atoms with Gasteiger partial charge in [0.25, 0.3) is 0 Å². The predicted octanol–water partition coefficient (Wildman–Crippen LogP) is -3.42. The lowest BCUT2D eigenvalue weighted by atomic mass is 9.83. The van der Waals surface area contributed by atoms with Crippen LogP contribution in [0, 0.1) is 11.8 Å². The second-order valence-corrected chi connectivity index (χ2v) is 8.73. The average Bonchev–Trinajstić information content (AvgIpc) is 2.86. The highest BCUT2D eigenvalue weighted by molar-refractivity contribution is 5.85. The largest absolute Gasteiger partial charge is 0.545 e. The highest BCUT2D eigenvalue weighted by atomic mass is 16.8. The van der Waals surface area contributed by atoms with Gasteiger partial charge in [-0.25, -0.2) is 0 Å². The van der Waals surface area contributed by atoms with E-state index in [1.54, 1.807) is 18.2 Å². The van der Waals surface area contributed by atoms with Crippen LogP contribution >= 0.6 is 0 Å². The molecule has 12 heteroatoms. The molecule has 0 aliphatic carbocycles. The zero-order chi connectivity index (χ0) is 26.4. The van der Waals surface area contributed by atoms with Gasteiger partial charge in [-0.15, -0.1) is 6.58 Å². The molecule has 0 aromatic carbocycles. The minimum absolute atomic E-state index is 0.00368. The van der Waals surface area contributed by atoms with E-state index >= 15 is 0 Å². The fourth-order valence-electron chi connectivity index (χ4n) is 4.26. The SMILES string of the molecule is C=C[C@H]1[C@H](O[C@@H]2O[C@H](CO)[C@@H](O)[C@H](O)[C@H]2O)OC=C(C(=O)[O-])[C@H]1/C=C/C1=CC=C[NH+](CCC(=O)O)C1. The summed E-state index contributed by atoms with van der Waals surface area (Å²) in [5, 5.41) is 60.3. The Morgan fingerprint density at radius 3 is 2.61 bits per heavy atom. The molecule has 198 valence electrons. The lowest BCUT2D eigenvalue weighted by molar-refractivity contribution is -0.841. The minimum Gasteiger partial charge on any atom is -0.545 e. The van der Waals surface area contributed by atoms with E-state index in [0.717, 1.165) is 16.7 Å². The third-order valence-corrected chi connectivity index (χ3v) is 6.29. The van der Waals surface area contributed by atoms with Gasteiger partial charge in [0.05, 0.1) is 38.0 Å². The van der Waals surface area contributed by atoms with Crippen molar-refractivity contribution >= 4 is 11.9 Å². The first-order valence-electron chi connectivity index (χ1n) is 11.4. The zero-order valence-corrected chi connectivity index (χ0v) is 19.4. The number of allylic oxidation sites excluding steroid dienone is 3. The smallest absolute Gasteiger partial charge is 0.309 e. The van der Waals surface area contributed by atoms with Crippen LogP contribution in [0.5, 0.6) is 0 Å². The van der Waals surface area contributed by atoms with E-state index in [1.807, 2.05) is 12.3 Å². The van der Waals surface area contributed by atoms with Crippen molar-refractivity contribution in [3.05, 3.63) is 60.6 Å². The molecule has 0 bridgehead atoms. The molecule has 0 radical (unpaired) electrons. The Labute approximate surface area is 207 Å². The van der Waals surface area contributed by atoms with Gasteiger partial charge in [-0.05, 0) is 12.2 Å². The van der Waals surface area contributed by atoms with Crippen LogP contribution in [0.2, 0.25) is 0 Å². The van der Waals surface area contributed by atoms with Gasteiger partial charge >= 0.3 is 5.97 Å². The standard InChI is InChI=1S/C24H31NO11/c1-2-14-15(6-5-13-4-3-8-25(10-13)9-7-18(27)28)16(22(32)33)12-34-23(14)36-24-21(31)20(30)19(29)17(11-26)35-24/h2-6,8,12,14-15,17,19-21,23-24,26,29-31H,1,7,9-11H2,(H,27,28)(H,32,33)/b6-5+/t14-,15+,17-,19-,20+,21-,23+,24+/m1/s1.